The molecule has 0 fully saturated rings. The Kier molecular flexibility index (Phi) is 11.3. The number of nitrogens with zero attached hydrogens (tertiary/aromatic N) is 3. The van der Waals surface area contributed by atoms with Gasteiger partial charge in [-0.05, 0) is 80.7 Å². The Bertz CT molecular complexity index is 1580. The molecule has 0 bridgehead atoms. The zero-order chi connectivity index (χ0) is 30.4. The van der Waals surface area contributed by atoms with Gasteiger partial charge in [0.05, 0.1) is 28.9 Å². The van der Waals surface area contributed by atoms with E-state index in [2.05, 4.69) is 28.8 Å². The maximum atomic E-state index is 14.1. The molecular weight excluding hydrogens is 594 g/mol. The minimum absolute atomic E-state index is 0. The number of fused-ring (bicyclic) bond motifs is 2. The molecule has 0 radical (unpaired) electrons. The summed E-state index contributed by atoms with van der Waals surface area (Å²) in [6.07, 6.45) is 1.68. The Labute approximate surface area is 256 Å². The lowest BCUT2D eigenvalue weighted by Crippen LogP contribution is -2.42. The highest BCUT2D eigenvalue weighted by molar-refractivity contribution is 7.92. The number of anilines is 4. The smallest absolute Gasteiger partial charge is 0.257 e. The molecule has 0 saturated carbocycles. The molecule has 43 heavy (non-hydrogen) atoms. The Balaban J connectivity index is 0.00000506. The van der Waals surface area contributed by atoms with Crippen molar-refractivity contribution in [3.05, 3.63) is 82.9 Å². The average Bonchev–Trinajstić information content (AvgIpc) is 3.07. The number of hydrogen-bond donors (Lipinski definition) is 2. The highest BCUT2D eigenvalue weighted by atomic mass is 35.5. The number of rotatable bonds is 11. The van der Waals surface area contributed by atoms with Gasteiger partial charge in [0.1, 0.15) is 6.54 Å². The van der Waals surface area contributed by atoms with Crippen molar-refractivity contribution in [1.82, 2.24) is 9.80 Å². The molecule has 1 aliphatic heterocycles. The van der Waals surface area contributed by atoms with E-state index >= 15 is 0 Å². The predicted octanol–water partition coefficient (Wildman–Crippen LogP) is 3.99. The van der Waals surface area contributed by atoms with Crippen LogP contribution in [-0.2, 0) is 14.8 Å². The van der Waals surface area contributed by atoms with Gasteiger partial charge in [0.2, 0.25) is 10.0 Å². The number of amides is 3. The van der Waals surface area contributed by atoms with Gasteiger partial charge < -0.3 is 20.6 Å². The van der Waals surface area contributed by atoms with E-state index in [0.29, 0.717) is 51.9 Å². The molecule has 3 aromatic rings. The van der Waals surface area contributed by atoms with Crippen LogP contribution >= 0.6 is 11.6 Å². The SMILES string of the molecule is CCN(CC)CCCN(CC(=O)N1c2ccc(Cl)cc2NC(=O)c2ccccc21)C(=O)c1ccc(NS(C)(=O)=O)cc1.O. The first kappa shape index (κ1) is 33.5. The topological polar surface area (TPSA) is 151 Å². The third kappa shape index (κ3) is 8.32. The lowest BCUT2D eigenvalue weighted by atomic mass is 10.1. The van der Waals surface area contributed by atoms with Crippen LogP contribution < -0.4 is 14.9 Å². The Morgan fingerprint density at radius 3 is 2.28 bits per heavy atom. The van der Waals surface area contributed by atoms with Crippen LogP contribution in [0.4, 0.5) is 22.7 Å². The summed E-state index contributed by atoms with van der Waals surface area (Å²) in [7, 11) is -3.48. The van der Waals surface area contributed by atoms with Crippen LogP contribution in [0.15, 0.2) is 66.7 Å². The highest BCUT2D eigenvalue weighted by Crippen LogP contribution is 2.39. The number of sulfonamides is 1. The molecule has 0 spiro atoms. The quantitative estimate of drug-likeness (QED) is 0.327. The van der Waals surface area contributed by atoms with Gasteiger partial charge in [-0.2, -0.15) is 0 Å². The van der Waals surface area contributed by atoms with Gasteiger partial charge >= 0.3 is 0 Å². The largest absolute Gasteiger partial charge is 0.412 e. The van der Waals surface area contributed by atoms with Crippen LogP contribution in [0.3, 0.4) is 0 Å². The van der Waals surface area contributed by atoms with Gasteiger partial charge in [0, 0.05) is 22.8 Å². The Hall–Kier alpha value is -3.97. The van der Waals surface area contributed by atoms with Crippen molar-refractivity contribution in [2.45, 2.75) is 20.3 Å². The van der Waals surface area contributed by atoms with Crippen LogP contribution in [0, 0.1) is 0 Å². The van der Waals surface area contributed by atoms with Gasteiger partial charge in [-0.3, -0.25) is 24.0 Å². The van der Waals surface area contributed by atoms with Crippen molar-refractivity contribution in [3.63, 3.8) is 0 Å². The summed E-state index contributed by atoms with van der Waals surface area (Å²) in [5.41, 5.74) is 2.16. The lowest BCUT2D eigenvalue weighted by molar-refractivity contribution is -0.118. The second-order valence-corrected chi connectivity index (χ2v) is 12.1. The van der Waals surface area contributed by atoms with Crippen molar-refractivity contribution in [1.29, 1.82) is 0 Å². The minimum Gasteiger partial charge on any atom is -0.412 e. The van der Waals surface area contributed by atoms with Crippen molar-refractivity contribution < 1.29 is 28.3 Å². The monoisotopic (exact) mass is 629 g/mol. The fourth-order valence-electron chi connectivity index (χ4n) is 4.84. The summed E-state index contributed by atoms with van der Waals surface area (Å²) >= 11 is 6.21. The molecule has 13 heteroatoms. The summed E-state index contributed by atoms with van der Waals surface area (Å²) in [4.78, 5) is 46.1. The molecule has 1 aliphatic rings. The van der Waals surface area contributed by atoms with Crippen LogP contribution in [0.5, 0.6) is 0 Å². The van der Waals surface area contributed by atoms with Crippen LogP contribution in [0.25, 0.3) is 0 Å². The molecule has 0 atom stereocenters. The summed E-state index contributed by atoms with van der Waals surface area (Å²) in [6.45, 7) is 6.66. The number of carbonyl (C=O) groups is 3. The number of carbonyl (C=O) groups excluding carboxylic acids is 3. The van der Waals surface area contributed by atoms with Crippen molar-refractivity contribution in [2.75, 3.05) is 53.9 Å². The standard InChI is InChI=1S/C30H34ClN5O5S.H2O/c1-4-34(5-2)17-8-18-35(30(39)21-11-14-23(15-12-21)33-42(3,40)41)20-28(37)36-26-10-7-6-9-24(26)29(38)32-25-19-22(31)13-16-27(25)36;/h6-7,9-16,19,33H,4-5,8,17-18,20H2,1-3H3,(H,32,38);1H2. The maximum Gasteiger partial charge on any atom is 0.257 e. The fourth-order valence-corrected chi connectivity index (χ4v) is 5.58. The molecule has 0 aromatic heterocycles. The maximum absolute atomic E-state index is 14.1. The third-order valence-corrected chi connectivity index (χ3v) is 7.77. The highest BCUT2D eigenvalue weighted by Gasteiger charge is 2.31. The van der Waals surface area contributed by atoms with E-state index in [1.807, 2.05) is 0 Å². The number of para-hydroxylation sites is 1. The van der Waals surface area contributed by atoms with Crippen LogP contribution in [0.1, 0.15) is 41.0 Å². The van der Waals surface area contributed by atoms with Crippen LogP contribution in [0.2, 0.25) is 5.02 Å². The number of halogens is 1. The number of hydrogen-bond acceptors (Lipinski definition) is 6. The Morgan fingerprint density at radius 1 is 0.953 bits per heavy atom. The van der Waals surface area contributed by atoms with Gasteiger partial charge in [-0.25, -0.2) is 8.42 Å². The zero-order valence-corrected chi connectivity index (χ0v) is 25.8. The number of nitrogens with one attached hydrogen (secondary N) is 2. The van der Waals surface area contributed by atoms with E-state index in [4.69, 9.17) is 11.6 Å². The predicted molar refractivity (Wildman–Crippen MR) is 170 cm³/mol. The third-order valence-electron chi connectivity index (χ3n) is 6.93. The first-order valence-electron chi connectivity index (χ1n) is 13.6. The first-order valence-corrected chi connectivity index (χ1v) is 15.9. The first-order chi connectivity index (χ1) is 20.0. The normalized spacial score (nSPS) is 12.4. The lowest BCUT2D eigenvalue weighted by Gasteiger charge is -2.29. The summed E-state index contributed by atoms with van der Waals surface area (Å²) in [5.74, 6) is -1.16. The van der Waals surface area contributed by atoms with Crippen LogP contribution in [-0.4, -0.2) is 80.4 Å². The molecule has 230 valence electrons. The van der Waals surface area contributed by atoms with E-state index in [-0.39, 0.29) is 23.8 Å². The van der Waals surface area contributed by atoms with E-state index in [9.17, 15) is 22.8 Å². The second-order valence-electron chi connectivity index (χ2n) is 9.92. The van der Waals surface area contributed by atoms with E-state index in [0.717, 1.165) is 25.9 Å². The molecule has 0 aliphatic carbocycles. The van der Waals surface area contributed by atoms with E-state index in [1.54, 1.807) is 42.5 Å². The second kappa shape index (κ2) is 14.5. The number of benzene rings is 3. The van der Waals surface area contributed by atoms with Crippen molar-refractivity contribution in [2.24, 2.45) is 0 Å². The zero-order valence-electron chi connectivity index (χ0n) is 24.3. The molecule has 0 saturated heterocycles. The van der Waals surface area contributed by atoms with Gasteiger partial charge in [0.15, 0.2) is 0 Å². The molecule has 1 heterocycles. The van der Waals surface area contributed by atoms with Crippen molar-refractivity contribution >= 4 is 62.1 Å². The molecule has 0 unspecified atom stereocenters. The van der Waals surface area contributed by atoms with Gasteiger partial charge in [-0.1, -0.05) is 37.6 Å². The van der Waals surface area contributed by atoms with Gasteiger partial charge in [-0.15, -0.1) is 0 Å². The summed E-state index contributed by atoms with van der Waals surface area (Å²) in [5, 5.41) is 3.23. The summed E-state index contributed by atoms with van der Waals surface area (Å²) in [6, 6.07) is 17.7. The van der Waals surface area contributed by atoms with Crippen molar-refractivity contribution in [3.8, 4) is 0 Å². The van der Waals surface area contributed by atoms with Gasteiger partial charge in [0.25, 0.3) is 17.7 Å². The molecule has 4 rings (SSSR count). The molecule has 4 N–H and O–H groups in total. The van der Waals surface area contributed by atoms with E-state index in [1.165, 1.54) is 34.1 Å². The molecule has 3 amide bonds. The van der Waals surface area contributed by atoms with E-state index < -0.39 is 15.9 Å². The fraction of sp³-hybridized carbons (Fsp3) is 0.300. The Morgan fingerprint density at radius 2 is 1.63 bits per heavy atom. The molecular formula is C30H36ClN5O6S. The molecule has 3 aromatic carbocycles. The summed E-state index contributed by atoms with van der Waals surface area (Å²) < 4.78 is 25.6. The average molecular weight is 630 g/mol. The minimum atomic E-state index is -3.48. The molecule has 11 nitrogen and oxygen atoms in total.